The van der Waals surface area contributed by atoms with Crippen molar-refractivity contribution in [1.82, 2.24) is 18.8 Å². The van der Waals surface area contributed by atoms with Crippen molar-refractivity contribution in [2.75, 3.05) is 0 Å². The fraction of sp³-hybridized carbons (Fsp3) is 0. The van der Waals surface area contributed by atoms with Gasteiger partial charge in [0.05, 0.1) is 33.1 Å². The first-order chi connectivity index (χ1) is 12.7. The molecule has 124 valence electrons. The zero-order chi connectivity index (χ0) is 17.4. The Balaban J connectivity index is 2.02. The van der Waals surface area contributed by atoms with Gasteiger partial charge in [0.2, 0.25) is 0 Å². The Morgan fingerprint density at radius 3 is 1.50 bits per heavy atom. The standard InChI is InChI=1S/C20H10Cl2N4/c21-11-5-7-13-17(9-11)25-15-3-1-2-4-16(15)26-18-10-12(22)6-8-14(18)24-20(26)19(25)23-13/h1-10H. The molecular weight excluding hydrogens is 367 g/mol. The fourth-order valence-corrected chi connectivity index (χ4v) is 4.06. The molecule has 0 saturated heterocycles. The highest BCUT2D eigenvalue weighted by molar-refractivity contribution is 6.31. The van der Waals surface area contributed by atoms with E-state index in [1.807, 2.05) is 48.5 Å². The summed E-state index contributed by atoms with van der Waals surface area (Å²) in [6, 6.07) is 19.7. The normalized spacial score (nSPS) is 12.2. The molecule has 0 radical (unpaired) electrons. The van der Waals surface area contributed by atoms with Crippen LogP contribution in [0, 0.1) is 0 Å². The molecule has 4 nitrogen and oxygen atoms in total. The van der Waals surface area contributed by atoms with Gasteiger partial charge in [-0.1, -0.05) is 35.3 Å². The number of imidazole rings is 2. The molecule has 3 aromatic heterocycles. The van der Waals surface area contributed by atoms with E-state index >= 15 is 0 Å². The van der Waals surface area contributed by atoms with Gasteiger partial charge in [-0.15, -0.1) is 0 Å². The average Bonchev–Trinajstić information content (AvgIpc) is 3.20. The van der Waals surface area contributed by atoms with Gasteiger partial charge < -0.3 is 0 Å². The molecule has 0 aliphatic carbocycles. The Morgan fingerprint density at radius 1 is 0.577 bits per heavy atom. The highest BCUT2D eigenvalue weighted by Crippen LogP contribution is 2.31. The number of para-hydroxylation sites is 2. The van der Waals surface area contributed by atoms with E-state index in [2.05, 4.69) is 20.9 Å². The first-order valence-corrected chi connectivity index (χ1v) is 8.92. The Hall–Kier alpha value is -2.82. The highest BCUT2D eigenvalue weighted by atomic mass is 35.5. The summed E-state index contributed by atoms with van der Waals surface area (Å²) in [5.41, 5.74) is 7.39. The van der Waals surface area contributed by atoms with Gasteiger partial charge >= 0.3 is 0 Å². The SMILES string of the molecule is Clc1ccc2nc3c4nc5ccc(Cl)cc5n4c4ccccc4n3c2c1. The first kappa shape index (κ1) is 14.4. The minimum absolute atomic E-state index is 0.684. The first-order valence-electron chi connectivity index (χ1n) is 8.17. The maximum absolute atomic E-state index is 6.25. The van der Waals surface area contributed by atoms with E-state index in [0.29, 0.717) is 10.0 Å². The molecule has 6 rings (SSSR count). The molecule has 0 saturated carbocycles. The number of aromatic nitrogens is 4. The van der Waals surface area contributed by atoms with Crippen LogP contribution in [0.2, 0.25) is 10.0 Å². The number of rotatable bonds is 0. The lowest BCUT2D eigenvalue weighted by atomic mass is 10.2. The molecule has 6 aromatic rings. The summed E-state index contributed by atoms with van der Waals surface area (Å²) >= 11 is 12.5. The van der Waals surface area contributed by atoms with Crippen LogP contribution in [0.3, 0.4) is 0 Å². The van der Waals surface area contributed by atoms with Gasteiger partial charge in [-0.2, -0.15) is 0 Å². The predicted octanol–water partition coefficient (Wildman–Crippen LogP) is 5.75. The molecule has 0 atom stereocenters. The Morgan fingerprint density at radius 2 is 1.04 bits per heavy atom. The molecule has 0 N–H and O–H groups in total. The van der Waals surface area contributed by atoms with Gasteiger partial charge in [-0.3, -0.25) is 8.80 Å². The molecule has 0 amide bonds. The van der Waals surface area contributed by atoms with Gasteiger partial charge in [0.1, 0.15) is 0 Å². The number of hydrogen-bond acceptors (Lipinski definition) is 2. The van der Waals surface area contributed by atoms with Gasteiger partial charge in [0, 0.05) is 10.0 Å². The molecule has 0 fully saturated rings. The van der Waals surface area contributed by atoms with Crippen LogP contribution in [-0.4, -0.2) is 18.8 Å². The molecule has 0 aliphatic heterocycles. The average molecular weight is 377 g/mol. The van der Waals surface area contributed by atoms with Crippen LogP contribution >= 0.6 is 23.2 Å². The predicted molar refractivity (Wildman–Crippen MR) is 106 cm³/mol. The summed E-state index contributed by atoms with van der Waals surface area (Å²) in [6.45, 7) is 0. The monoisotopic (exact) mass is 376 g/mol. The smallest absolute Gasteiger partial charge is 0.182 e. The van der Waals surface area contributed by atoms with Crippen LogP contribution in [0.15, 0.2) is 60.7 Å². The zero-order valence-corrected chi connectivity index (χ0v) is 14.8. The molecule has 0 unspecified atom stereocenters. The summed E-state index contributed by atoms with van der Waals surface area (Å²) in [5.74, 6) is 0. The van der Waals surface area contributed by atoms with Crippen LogP contribution < -0.4 is 0 Å². The molecule has 0 aliphatic rings. The van der Waals surface area contributed by atoms with E-state index in [-0.39, 0.29) is 0 Å². The highest BCUT2D eigenvalue weighted by Gasteiger charge is 2.17. The van der Waals surface area contributed by atoms with Crippen molar-refractivity contribution in [3.8, 4) is 0 Å². The number of hydrogen-bond donors (Lipinski definition) is 0. The van der Waals surface area contributed by atoms with Crippen LogP contribution in [-0.2, 0) is 0 Å². The van der Waals surface area contributed by atoms with Crippen molar-refractivity contribution < 1.29 is 0 Å². The zero-order valence-electron chi connectivity index (χ0n) is 13.3. The summed E-state index contributed by atoms with van der Waals surface area (Å²) in [6.07, 6.45) is 0. The van der Waals surface area contributed by atoms with Gasteiger partial charge in [0.15, 0.2) is 11.3 Å². The number of fused-ring (bicyclic) bond motifs is 10. The van der Waals surface area contributed by atoms with E-state index in [0.717, 1.165) is 44.4 Å². The third kappa shape index (κ3) is 1.75. The molecule has 0 bridgehead atoms. The van der Waals surface area contributed by atoms with Crippen molar-refractivity contribution in [3.63, 3.8) is 0 Å². The van der Waals surface area contributed by atoms with E-state index in [9.17, 15) is 0 Å². The summed E-state index contributed by atoms with van der Waals surface area (Å²) in [4.78, 5) is 9.68. The fourth-order valence-electron chi connectivity index (χ4n) is 3.73. The summed E-state index contributed by atoms with van der Waals surface area (Å²) in [7, 11) is 0. The maximum atomic E-state index is 6.25. The van der Waals surface area contributed by atoms with Crippen LogP contribution in [0.5, 0.6) is 0 Å². The van der Waals surface area contributed by atoms with Crippen molar-refractivity contribution in [1.29, 1.82) is 0 Å². The second-order valence-corrected chi connectivity index (χ2v) is 7.17. The molecule has 0 spiro atoms. The molecule has 26 heavy (non-hydrogen) atoms. The van der Waals surface area contributed by atoms with Crippen molar-refractivity contribution in [2.45, 2.75) is 0 Å². The second-order valence-electron chi connectivity index (χ2n) is 6.30. The Kier molecular flexibility index (Phi) is 2.69. The summed E-state index contributed by atoms with van der Waals surface area (Å²) in [5, 5.41) is 1.37. The van der Waals surface area contributed by atoms with E-state index in [1.165, 1.54) is 0 Å². The van der Waals surface area contributed by atoms with Gasteiger partial charge in [-0.25, -0.2) is 9.97 Å². The number of nitrogens with zero attached hydrogens (tertiary/aromatic N) is 4. The van der Waals surface area contributed by atoms with Crippen LogP contribution in [0.25, 0.3) is 44.4 Å². The minimum atomic E-state index is 0.684. The largest absolute Gasteiger partial charge is 0.288 e. The lowest BCUT2D eigenvalue weighted by Crippen LogP contribution is -1.97. The molecule has 3 heterocycles. The number of halogens is 2. The van der Waals surface area contributed by atoms with Crippen molar-refractivity contribution in [3.05, 3.63) is 70.7 Å². The van der Waals surface area contributed by atoms with Crippen molar-refractivity contribution >= 4 is 67.6 Å². The Labute approximate surface area is 157 Å². The second kappa shape index (κ2) is 4.87. The summed E-state index contributed by atoms with van der Waals surface area (Å²) < 4.78 is 4.25. The molecule has 3 aromatic carbocycles. The number of benzene rings is 3. The quantitative estimate of drug-likeness (QED) is 0.338. The van der Waals surface area contributed by atoms with Crippen LogP contribution in [0.1, 0.15) is 0 Å². The van der Waals surface area contributed by atoms with Crippen molar-refractivity contribution in [2.24, 2.45) is 0 Å². The molecular formula is C20H10Cl2N4. The third-order valence-corrected chi connectivity index (χ3v) is 5.27. The Bertz CT molecular complexity index is 1400. The van der Waals surface area contributed by atoms with E-state index < -0.39 is 0 Å². The minimum Gasteiger partial charge on any atom is -0.288 e. The van der Waals surface area contributed by atoms with Gasteiger partial charge in [-0.05, 0) is 48.5 Å². The van der Waals surface area contributed by atoms with Gasteiger partial charge in [0.25, 0.3) is 0 Å². The lowest BCUT2D eigenvalue weighted by Gasteiger charge is -2.07. The van der Waals surface area contributed by atoms with Crippen LogP contribution in [0.4, 0.5) is 0 Å². The van der Waals surface area contributed by atoms with E-state index in [4.69, 9.17) is 33.2 Å². The lowest BCUT2D eigenvalue weighted by molar-refractivity contribution is 1.21. The van der Waals surface area contributed by atoms with E-state index in [1.54, 1.807) is 0 Å². The molecule has 6 heteroatoms. The maximum Gasteiger partial charge on any atom is 0.182 e. The topological polar surface area (TPSA) is 34.6 Å². The third-order valence-electron chi connectivity index (χ3n) is 4.80.